The Bertz CT molecular complexity index is 6340. The number of pyridine rings is 2. The quantitative estimate of drug-likeness (QED) is 0.0200. The highest BCUT2D eigenvalue weighted by molar-refractivity contribution is 8.00. The Hall–Kier alpha value is -13.2. The number of nitrogens with two attached hydrogens (primary N) is 1. The van der Waals surface area contributed by atoms with Crippen molar-refractivity contribution in [2.24, 2.45) is 0 Å². The highest BCUT2D eigenvalue weighted by Gasteiger charge is 2.33. The molecule has 2 aromatic heterocycles. The lowest BCUT2D eigenvalue weighted by Crippen LogP contribution is -2.43. The molecule has 25 nitrogen and oxygen atoms in total. The zero-order valence-electron chi connectivity index (χ0n) is 79.6. The fraction of sp³-hybridized carbons (Fsp3) is 0.303. The summed E-state index contributed by atoms with van der Waals surface area (Å²) in [6.45, 7) is 24.7. The number of amides is 5. The number of ether oxygens (including phenoxy) is 3. The molecule has 11 aromatic carbocycles. The van der Waals surface area contributed by atoms with Gasteiger partial charge in [-0.25, -0.2) is 19.2 Å². The maximum Gasteiger partial charge on any atom is 0.410 e. The number of aromatic nitrogens is 2. The molecule has 0 unspecified atom stereocenters. The van der Waals surface area contributed by atoms with Gasteiger partial charge in [0.15, 0.2) is 0 Å². The number of nitrogens with one attached hydrogen (secondary N) is 6. The minimum Gasteiger partial charge on any atom is -0.478 e. The third-order valence-electron chi connectivity index (χ3n) is 22.5. The summed E-state index contributed by atoms with van der Waals surface area (Å²) in [6.07, 6.45) is 9.51. The van der Waals surface area contributed by atoms with Gasteiger partial charge in [-0.3, -0.25) is 23.7 Å². The molecule has 0 aliphatic carbocycles. The van der Waals surface area contributed by atoms with E-state index in [0.29, 0.717) is 65.9 Å². The molecule has 4 aliphatic rings. The van der Waals surface area contributed by atoms with E-state index in [1.165, 1.54) is 28.0 Å². The van der Waals surface area contributed by atoms with E-state index in [9.17, 15) is 37.2 Å². The number of carboxylic acid groups (broad SMARTS) is 1. The smallest absolute Gasteiger partial charge is 0.410 e. The molecule has 0 saturated carbocycles. The summed E-state index contributed by atoms with van der Waals surface area (Å²) in [4.78, 5) is 90.5. The van der Waals surface area contributed by atoms with Crippen molar-refractivity contribution in [3.63, 3.8) is 0 Å². The van der Waals surface area contributed by atoms with Crippen LogP contribution in [0.25, 0.3) is 32.6 Å². The van der Waals surface area contributed by atoms with Crippen molar-refractivity contribution in [2.45, 2.75) is 179 Å². The molecule has 13 aromatic rings. The van der Waals surface area contributed by atoms with Crippen molar-refractivity contribution in [1.82, 2.24) is 30.0 Å². The number of thioether (sulfide) groups is 3. The van der Waals surface area contributed by atoms with E-state index in [-0.39, 0.29) is 40.6 Å². The first-order valence-electron chi connectivity index (χ1n) is 46.4. The first-order chi connectivity index (χ1) is 66.1. The van der Waals surface area contributed by atoms with Gasteiger partial charge in [0.05, 0.1) is 27.6 Å². The van der Waals surface area contributed by atoms with Crippen LogP contribution in [0.1, 0.15) is 150 Å². The first kappa shape index (κ1) is 102. The third kappa shape index (κ3) is 31.7. The van der Waals surface area contributed by atoms with Gasteiger partial charge in [0.25, 0.3) is 21.9 Å². The van der Waals surface area contributed by atoms with E-state index in [1.807, 2.05) is 291 Å². The lowest BCUT2D eigenvalue weighted by Gasteiger charge is -2.33. The molecule has 4 saturated heterocycles. The summed E-state index contributed by atoms with van der Waals surface area (Å²) >= 11 is 5.61. The predicted molar refractivity (Wildman–Crippen MR) is 559 cm³/mol. The summed E-state index contributed by atoms with van der Waals surface area (Å²) in [5, 5.41) is 34.5. The van der Waals surface area contributed by atoms with Gasteiger partial charge in [-0.05, 0) is 327 Å². The number of carbonyl (C=O) groups is 6. The summed E-state index contributed by atoms with van der Waals surface area (Å²) < 4.78 is 46.1. The van der Waals surface area contributed by atoms with Gasteiger partial charge in [-0.1, -0.05) is 90.5 Å². The van der Waals surface area contributed by atoms with E-state index < -0.39 is 39.0 Å². The average molecular weight is 1940 g/mol. The Morgan fingerprint density at radius 1 is 0.391 bits per heavy atom. The van der Waals surface area contributed by atoms with E-state index >= 15 is 0 Å². The SMILES string of the molecule is CC(C)(C)OC(=O)N1CCC(Sc2ccc(N)cc2)CC1.CC(C)(C)OC(=O)N1CCC(Sc2ccc(NC(=O)c3ccc(Nc4ccnc5ccccc45)cc3)cc2)CC1.Cc1ccc(S(=O)(=O)OC2CCN(C(=O)OC(C)(C)C)CC2)cc1.O=C(Nc1ccc(SC2CCNCC2)cc1)c1ccc(Nc2ccnc3ccccc23)cc1.O=C(O)c1ccc(Nc2cccc3ccccc23)cc1. The first-order valence-corrected chi connectivity index (χ1v) is 50.5. The molecule has 6 heterocycles. The zero-order valence-corrected chi connectivity index (χ0v) is 82.8. The number of benzene rings is 11. The number of para-hydroxylation sites is 2. The fourth-order valence-electron chi connectivity index (χ4n) is 15.4. The van der Waals surface area contributed by atoms with Crippen molar-refractivity contribution in [3.05, 3.63) is 308 Å². The number of aromatic carboxylic acids is 1. The maximum atomic E-state index is 12.8. The van der Waals surface area contributed by atoms with Crippen LogP contribution in [0, 0.1) is 6.92 Å². The van der Waals surface area contributed by atoms with Crippen LogP contribution in [0.4, 0.5) is 65.6 Å². The van der Waals surface area contributed by atoms with Crippen molar-refractivity contribution in [3.8, 4) is 0 Å². The molecule has 4 fully saturated rings. The normalized spacial score (nSPS) is 14.5. The molecule has 4 aliphatic heterocycles. The highest BCUT2D eigenvalue weighted by Crippen LogP contribution is 2.37. The van der Waals surface area contributed by atoms with Gasteiger partial charge < -0.3 is 71.7 Å². The summed E-state index contributed by atoms with van der Waals surface area (Å²) in [5.74, 6) is -1.19. The standard InChI is InChI=1S/C32H34N4O3S.C27H26N4OS.C17H25NO5S.C17H13NO2.C16H24N2O2S/c1-32(2,3)39-31(38)36-20-17-26(18-21-36)40-25-14-12-24(13-15-25)35-30(37)22-8-10-23(11-9-22)34-29-16-19-33-28-7-5-4-6-27(28)29;32-27(31-21-9-11-22(12-10-21)33-23-13-16-28-17-14-23)19-5-7-20(8-6-19)30-26-15-18-29-25-4-2-1-3-24(25)26;1-13-5-7-15(8-6-13)24(20,21)23-14-9-11-18(12-10-14)16(19)22-17(2,3)4;19-17(20)13-8-10-14(11-9-13)18-16-7-3-5-12-4-1-2-6-15(12)16;1-16(2,3)20-15(19)18-10-8-14(9-11-18)21-13-6-4-12(17)5-7-13/h4-16,19,26H,17-18,20-21H2,1-3H3,(H,33,34)(H,35,37);1-12,15,18,23,28H,13-14,16-17H2,(H,29,30)(H,31,32);5-8,14H,9-12H2,1-4H3;1-11,18H,(H,19,20);4-7,14H,8-11,17H2,1-3H3. The molecule has 17 rings (SSSR count). The number of anilines is 9. The number of piperidine rings is 4. The number of nitrogen functional groups attached to an aromatic ring is 1. The van der Waals surface area contributed by atoms with E-state index in [4.69, 9.17) is 29.2 Å². The summed E-state index contributed by atoms with van der Waals surface area (Å²) in [7, 11) is -3.78. The zero-order chi connectivity index (χ0) is 97.9. The number of carboxylic acids is 1. The van der Waals surface area contributed by atoms with Crippen LogP contribution in [0.15, 0.2) is 305 Å². The molecule has 0 spiro atoms. The third-order valence-corrected chi connectivity index (χ3v) is 27.9. The number of hydrogen-bond donors (Lipinski definition) is 8. The van der Waals surface area contributed by atoms with Crippen LogP contribution < -0.4 is 37.6 Å². The molecular formula is C109H122N12O13S4. The number of rotatable bonds is 20. The molecule has 5 amide bonds. The maximum absolute atomic E-state index is 12.8. The Morgan fingerprint density at radius 2 is 0.732 bits per heavy atom. The van der Waals surface area contributed by atoms with Crippen LogP contribution in [-0.2, 0) is 28.5 Å². The molecule has 138 heavy (non-hydrogen) atoms. The van der Waals surface area contributed by atoms with Crippen LogP contribution >= 0.6 is 35.3 Å². The number of fused-ring (bicyclic) bond motifs is 3. The van der Waals surface area contributed by atoms with Gasteiger partial charge in [0.2, 0.25) is 0 Å². The topological polar surface area (TPSA) is 327 Å². The predicted octanol–water partition coefficient (Wildman–Crippen LogP) is 24.9. The molecule has 29 heteroatoms. The second kappa shape index (κ2) is 48.2. The van der Waals surface area contributed by atoms with Crippen LogP contribution in [0.2, 0.25) is 0 Å². The fourth-order valence-corrected chi connectivity index (χ4v) is 19.9. The number of likely N-dealkylation sites (tertiary alicyclic amines) is 3. The van der Waals surface area contributed by atoms with Gasteiger partial charge in [0, 0.05) is 161 Å². The van der Waals surface area contributed by atoms with Crippen LogP contribution in [-0.4, -0.2) is 165 Å². The van der Waals surface area contributed by atoms with Gasteiger partial charge in [0.1, 0.15) is 16.8 Å². The lowest BCUT2D eigenvalue weighted by atomic mass is 10.1. The molecule has 0 radical (unpaired) electrons. The van der Waals surface area contributed by atoms with E-state index in [1.54, 1.807) is 70.7 Å². The summed E-state index contributed by atoms with van der Waals surface area (Å²) in [5.41, 5.74) is 16.6. The van der Waals surface area contributed by atoms with Crippen LogP contribution in [0.3, 0.4) is 0 Å². The molecule has 9 N–H and O–H groups in total. The minimum atomic E-state index is -3.78. The van der Waals surface area contributed by atoms with Crippen molar-refractivity contribution in [1.29, 1.82) is 0 Å². The van der Waals surface area contributed by atoms with Gasteiger partial charge >= 0.3 is 24.2 Å². The number of aryl methyl sites for hydroxylation is 1. The molecule has 0 atom stereocenters. The number of nitrogens with zero attached hydrogens (tertiary/aromatic N) is 5. The monoisotopic (exact) mass is 1930 g/mol. The Labute approximate surface area is 821 Å². The average Bonchev–Trinajstić information content (AvgIpc) is 0.816. The second-order valence-corrected chi connectivity index (χ2v) is 42.6. The Kier molecular flexibility index (Phi) is 35.7. The van der Waals surface area contributed by atoms with Gasteiger partial charge in [-0.15, -0.1) is 35.3 Å². The molecule has 720 valence electrons. The largest absolute Gasteiger partial charge is 0.478 e. The van der Waals surface area contributed by atoms with E-state index in [2.05, 4.69) is 84.3 Å². The van der Waals surface area contributed by atoms with Crippen molar-refractivity contribution >= 4 is 165 Å². The number of carbonyl (C=O) groups excluding carboxylic acids is 5. The van der Waals surface area contributed by atoms with Crippen molar-refractivity contribution in [2.75, 3.05) is 84.7 Å². The Morgan fingerprint density at radius 3 is 1.13 bits per heavy atom. The molecular weight excluding hydrogens is 1810 g/mol. The lowest BCUT2D eigenvalue weighted by molar-refractivity contribution is 0.0130. The highest BCUT2D eigenvalue weighted by atomic mass is 32.2. The molecule has 0 bridgehead atoms. The van der Waals surface area contributed by atoms with E-state index in [0.717, 1.165) is 141 Å². The summed E-state index contributed by atoms with van der Waals surface area (Å²) in [6, 6.07) is 86.4. The van der Waals surface area contributed by atoms with Gasteiger partial charge in [-0.2, -0.15) is 8.42 Å². The Balaban J connectivity index is 0.000000149. The van der Waals surface area contributed by atoms with Crippen molar-refractivity contribution < 1.29 is 60.7 Å². The minimum absolute atomic E-state index is 0.116. The second-order valence-electron chi connectivity index (χ2n) is 36.9. The van der Waals surface area contributed by atoms with Crippen LogP contribution in [0.5, 0.6) is 0 Å². The number of hydrogen-bond acceptors (Lipinski definition) is 22.